The summed E-state index contributed by atoms with van der Waals surface area (Å²) in [5.74, 6) is 1.85. The SMILES string of the molecule is CCNC(=NCc1ncc(CC)s1)N1CCC(CN2CCCC2)C1.I. The number of guanidine groups is 1. The van der Waals surface area contributed by atoms with E-state index in [0.29, 0.717) is 6.54 Å². The van der Waals surface area contributed by atoms with Gasteiger partial charge in [-0.1, -0.05) is 6.92 Å². The zero-order chi connectivity index (χ0) is 16.8. The molecule has 2 aliphatic rings. The third kappa shape index (κ3) is 6.06. The fraction of sp³-hybridized carbons (Fsp3) is 0.778. The van der Waals surface area contributed by atoms with Gasteiger partial charge in [-0.3, -0.25) is 0 Å². The molecule has 0 radical (unpaired) electrons. The van der Waals surface area contributed by atoms with Crippen molar-refractivity contribution in [3.8, 4) is 0 Å². The molecule has 0 saturated carbocycles. The molecule has 1 aromatic rings. The lowest BCUT2D eigenvalue weighted by atomic mass is 10.1. The minimum absolute atomic E-state index is 0. The van der Waals surface area contributed by atoms with Crippen molar-refractivity contribution in [1.82, 2.24) is 20.1 Å². The molecule has 1 N–H and O–H groups in total. The quantitative estimate of drug-likeness (QED) is 0.388. The van der Waals surface area contributed by atoms with E-state index >= 15 is 0 Å². The molecule has 0 amide bonds. The molecule has 0 aliphatic carbocycles. The van der Waals surface area contributed by atoms with Crippen LogP contribution in [0.4, 0.5) is 0 Å². The third-order valence-corrected chi connectivity index (χ3v) is 6.08. The summed E-state index contributed by atoms with van der Waals surface area (Å²) in [5.41, 5.74) is 0. The van der Waals surface area contributed by atoms with Crippen LogP contribution in [0.2, 0.25) is 0 Å². The van der Waals surface area contributed by atoms with E-state index < -0.39 is 0 Å². The second-order valence-electron chi connectivity index (χ2n) is 6.85. The van der Waals surface area contributed by atoms with Crippen LogP contribution in [0.15, 0.2) is 11.2 Å². The molecule has 3 heterocycles. The maximum absolute atomic E-state index is 4.85. The Morgan fingerprint density at radius 1 is 1.32 bits per heavy atom. The van der Waals surface area contributed by atoms with Crippen molar-refractivity contribution in [2.24, 2.45) is 10.9 Å². The molecular weight excluding hydrogens is 445 g/mol. The van der Waals surface area contributed by atoms with E-state index in [4.69, 9.17) is 4.99 Å². The lowest BCUT2D eigenvalue weighted by molar-refractivity contribution is 0.281. The Labute approximate surface area is 173 Å². The summed E-state index contributed by atoms with van der Waals surface area (Å²) in [6, 6.07) is 0. The zero-order valence-corrected chi connectivity index (χ0v) is 18.7. The summed E-state index contributed by atoms with van der Waals surface area (Å²) in [4.78, 5) is 15.8. The number of thiazole rings is 1. The molecule has 0 aromatic carbocycles. The number of nitrogens with one attached hydrogen (secondary N) is 1. The second kappa shape index (κ2) is 10.7. The third-order valence-electron chi connectivity index (χ3n) is 4.95. The number of rotatable bonds is 6. The molecule has 1 atom stereocenters. The Kier molecular flexibility index (Phi) is 8.92. The molecule has 5 nitrogen and oxygen atoms in total. The number of hydrogen-bond donors (Lipinski definition) is 1. The standard InChI is InChI=1S/C18H31N5S.HI/c1-3-16-11-20-17(24-16)12-21-18(19-4-2)23-10-7-15(14-23)13-22-8-5-6-9-22;/h11,15H,3-10,12-14H2,1-2H3,(H,19,21);1H. The Balaban J connectivity index is 0.00000225. The van der Waals surface area contributed by atoms with Gasteiger partial charge in [-0.25, -0.2) is 9.98 Å². The Bertz CT molecular complexity index is 541. The van der Waals surface area contributed by atoms with Crippen molar-refractivity contribution >= 4 is 41.3 Å². The highest BCUT2D eigenvalue weighted by molar-refractivity contribution is 14.0. The number of halogens is 1. The highest BCUT2D eigenvalue weighted by Crippen LogP contribution is 2.20. The van der Waals surface area contributed by atoms with Gasteiger partial charge in [0.1, 0.15) is 5.01 Å². The summed E-state index contributed by atoms with van der Waals surface area (Å²) in [6.07, 6.45) is 7.11. The predicted molar refractivity (Wildman–Crippen MR) is 117 cm³/mol. The minimum atomic E-state index is 0. The summed E-state index contributed by atoms with van der Waals surface area (Å²) in [7, 11) is 0. The molecule has 1 aromatic heterocycles. The highest BCUT2D eigenvalue weighted by atomic mass is 127. The van der Waals surface area contributed by atoms with Crippen molar-refractivity contribution in [3.63, 3.8) is 0 Å². The number of aryl methyl sites for hydroxylation is 1. The van der Waals surface area contributed by atoms with Crippen LogP contribution >= 0.6 is 35.3 Å². The largest absolute Gasteiger partial charge is 0.357 e. The van der Waals surface area contributed by atoms with Crippen molar-refractivity contribution in [3.05, 3.63) is 16.1 Å². The van der Waals surface area contributed by atoms with Crippen LogP contribution in [-0.2, 0) is 13.0 Å². The van der Waals surface area contributed by atoms with E-state index in [2.05, 4.69) is 33.9 Å². The smallest absolute Gasteiger partial charge is 0.194 e. The Morgan fingerprint density at radius 3 is 2.80 bits per heavy atom. The van der Waals surface area contributed by atoms with Crippen LogP contribution < -0.4 is 5.32 Å². The van der Waals surface area contributed by atoms with Crippen molar-refractivity contribution < 1.29 is 0 Å². The Morgan fingerprint density at radius 2 is 2.12 bits per heavy atom. The summed E-state index contributed by atoms with van der Waals surface area (Å²) >= 11 is 1.79. The van der Waals surface area contributed by atoms with Gasteiger partial charge in [-0.15, -0.1) is 35.3 Å². The lowest BCUT2D eigenvalue weighted by Crippen LogP contribution is -2.40. The van der Waals surface area contributed by atoms with Gasteiger partial charge < -0.3 is 15.1 Å². The van der Waals surface area contributed by atoms with Gasteiger partial charge in [-0.2, -0.15) is 0 Å². The predicted octanol–water partition coefficient (Wildman–Crippen LogP) is 3.21. The van der Waals surface area contributed by atoms with Crippen LogP contribution in [0.3, 0.4) is 0 Å². The van der Waals surface area contributed by atoms with Crippen LogP contribution in [0.1, 0.15) is 43.0 Å². The van der Waals surface area contributed by atoms with Gasteiger partial charge >= 0.3 is 0 Å². The van der Waals surface area contributed by atoms with Crippen LogP contribution in [0.25, 0.3) is 0 Å². The molecule has 0 bridgehead atoms. The molecule has 7 heteroatoms. The van der Waals surface area contributed by atoms with Gasteiger partial charge in [0.2, 0.25) is 0 Å². The fourth-order valence-corrected chi connectivity index (χ4v) is 4.44. The summed E-state index contributed by atoms with van der Waals surface area (Å²) in [5, 5.41) is 4.59. The Hall–Kier alpha value is -0.410. The van der Waals surface area contributed by atoms with E-state index in [1.165, 1.54) is 43.8 Å². The first-order valence-corrected chi connectivity index (χ1v) is 10.3. The van der Waals surface area contributed by atoms with Crippen molar-refractivity contribution in [2.75, 3.05) is 39.3 Å². The minimum Gasteiger partial charge on any atom is -0.357 e. The fourth-order valence-electron chi connectivity index (χ4n) is 3.66. The first kappa shape index (κ1) is 20.9. The van der Waals surface area contributed by atoms with Crippen LogP contribution in [0, 0.1) is 5.92 Å². The number of likely N-dealkylation sites (tertiary alicyclic amines) is 2. The van der Waals surface area contributed by atoms with Gasteiger partial charge in [0.05, 0.1) is 6.54 Å². The average Bonchev–Trinajstić information content (AvgIpc) is 3.33. The summed E-state index contributed by atoms with van der Waals surface area (Å²) < 4.78 is 0. The molecule has 0 spiro atoms. The lowest BCUT2D eigenvalue weighted by Gasteiger charge is -2.23. The molecule has 142 valence electrons. The number of hydrogen-bond acceptors (Lipinski definition) is 4. The second-order valence-corrected chi connectivity index (χ2v) is 8.05. The van der Waals surface area contributed by atoms with Gasteiger partial charge in [-0.05, 0) is 51.6 Å². The maximum atomic E-state index is 4.85. The van der Waals surface area contributed by atoms with E-state index in [9.17, 15) is 0 Å². The molecule has 2 saturated heterocycles. The molecule has 3 rings (SSSR count). The molecular formula is C18H32IN5S. The van der Waals surface area contributed by atoms with Gasteiger partial charge in [0.15, 0.2) is 5.96 Å². The van der Waals surface area contributed by atoms with E-state index in [0.717, 1.165) is 42.9 Å². The first-order chi connectivity index (χ1) is 11.8. The molecule has 2 aliphatic heterocycles. The van der Waals surface area contributed by atoms with E-state index in [-0.39, 0.29) is 24.0 Å². The van der Waals surface area contributed by atoms with Crippen molar-refractivity contribution in [1.29, 1.82) is 0 Å². The normalized spacial score (nSPS) is 21.6. The molecule has 25 heavy (non-hydrogen) atoms. The first-order valence-electron chi connectivity index (χ1n) is 9.47. The van der Waals surface area contributed by atoms with Gasteiger partial charge in [0, 0.05) is 37.3 Å². The topological polar surface area (TPSA) is 43.8 Å². The number of nitrogens with zero attached hydrogens (tertiary/aromatic N) is 4. The highest BCUT2D eigenvalue weighted by Gasteiger charge is 2.27. The van der Waals surface area contributed by atoms with Crippen LogP contribution in [-0.4, -0.2) is 60.0 Å². The monoisotopic (exact) mass is 477 g/mol. The van der Waals surface area contributed by atoms with E-state index in [1.807, 2.05) is 6.20 Å². The molecule has 2 fully saturated rings. The van der Waals surface area contributed by atoms with Crippen LogP contribution in [0.5, 0.6) is 0 Å². The zero-order valence-electron chi connectivity index (χ0n) is 15.5. The maximum Gasteiger partial charge on any atom is 0.194 e. The molecule has 1 unspecified atom stereocenters. The average molecular weight is 477 g/mol. The number of aliphatic imine (C=N–C) groups is 1. The van der Waals surface area contributed by atoms with E-state index in [1.54, 1.807) is 11.3 Å². The number of aromatic nitrogens is 1. The van der Waals surface area contributed by atoms with Crippen molar-refractivity contribution in [2.45, 2.75) is 46.1 Å². The van der Waals surface area contributed by atoms with Gasteiger partial charge in [0.25, 0.3) is 0 Å². The summed E-state index contributed by atoms with van der Waals surface area (Å²) in [6.45, 7) is 12.1.